The van der Waals surface area contributed by atoms with Crippen LogP contribution >= 0.6 is 11.8 Å². The van der Waals surface area contributed by atoms with Crippen LogP contribution < -0.4 is 14.8 Å². The van der Waals surface area contributed by atoms with Gasteiger partial charge in [0, 0.05) is 22.9 Å². The molecule has 0 heterocycles. The van der Waals surface area contributed by atoms with Crippen LogP contribution in [-0.4, -0.2) is 37.7 Å². The maximum Gasteiger partial charge on any atom is 0.161 e. The number of rotatable bonds is 6. The Morgan fingerprint density at radius 2 is 1.90 bits per heavy atom. The van der Waals surface area contributed by atoms with E-state index in [1.54, 1.807) is 26.0 Å². The number of benzene rings is 1. The van der Waals surface area contributed by atoms with Gasteiger partial charge >= 0.3 is 0 Å². The van der Waals surface area contributed by atoms with Crippen LogP contribution in [0.25, 0.3) is 0 Å². The molecule has 0 saturated heterocycles. The van der Waals surface area contributed by atoms with Gasteiger partial charge in [0.15, 0.2) is 11.5 Å². The number of thioether (sulfide) groups is 1. The zero-order valence-corrected chi connectivity index (χ0v) is 14.2. The summed E-state index contributed by atoms with van der Waals surface area (Å²) in [5.41, 5.74) is 1.13. The first-order chi connectivity index (χ1) is 9.93. The summed E-state index contributed by atoms with van der Waals surface area (Å²) in [6.45, 7) is 4.96. The van der Waals surface area contributed by atoms with Gasteiger partial charge in [0.1, 0.15) is 0 Å². The van der Waals surface area contributed by atoms with Crippen molar-refractivity contribution in [1.29, 1.82) is 0 Å². The molecule has 2 unspecified atom stereocenters. The molecule has 5 heteroatoms. The van der Waals surface area contributed by atoms with E-state index >= 15 is 0 Å². The highest BCUT2D eigenvalue weighted by Gasteiger charge is 2.46. The van der Waals surface area contributed by atoms with Crippen molar-refractivity contribution in [1.82, 2.24) is 5.32 Å². The third kappa shape index (κ3) is 3.15. The van der Waals surface area contributed by atoms with Crippen molar-refractivity contribution in [2.45, 2.75) is 43.9 Å². The highest BCUT2D eigenvalue weighted by Crippen LogP contribution is 2.41. The average Bonchev–Trinajstić information content (AvgIpc) is 2.50. The van der Waals surface area contributed by atoms with E-state index in [0.717, 1.165) is 24.5 Å². The summed E-state index contributed by atoms with van der Waals surface area (Å²) in [7, 11) is 3.30. The summed E-state index contributed by atoms with van der Waals surface area (Å²) in [5, 5.41) is 13.4. The average molecular weight is 311 g/mol. The molecule has 2 atom stereocenters. The number of hydrogen-bond donors (Lipinski definition) is 2. The quantitative estimate of drug-likeness (QED) is 0.791. The zero-order chi connectivity index (χ0) is 15.6. The van der Waals surface area contributed by atoms with Gasteiger partial charge < -0.3 is 19.9 Å². The Morgan fingerprint density at radius 1 is 1.29 bits per heavy atom. The summed E-state index contributed by atoms with van der Waals surface area (Å²) in [4.78, 5) is 1.18. The van der Waals surface area contributed by atoms with Crippen molar-refractivity contribution in [3.8, 4) is 11.5 Å². The maximum absolute atomic E-state index is 9.81. The summed E-state index contributed by atoms with van der Waals surface area (Å²) in [6.07, 6.45) is 2.66. The molecule has 118 valence electrons. The lowest BCUT2D eigenvalue weighted by molar-refractivity contribution is -0.0730. The van der Waals surface area contributed by atoms with Crippen LogP contribution in [0.5, 0.6) is 11.5 Å². The van der Waals surface area contributed by atoms with Crippen molar-refractivity contribution in [2.75, 3.05) is 20.5 Å². The Kier molecular flexibility index (Phi) is 5.07. The number of methoxy groups -OCH3 is 2. The number of aliphatic hydroxyl groups is 1. The highest BCUT2D eigenvalue weighted by molar-refractivity contribution is 7.98. The molecule has 0 amide bonds. The monoisotopic (exact) mass is 311 g/mol. The normalized spacial score (nSPS) is 23.5. The van der Waals surface area contributed by atoms with E-state index < -0.39 is 0 Å². The van der Waals surface area contributed by atoms with E-state index in [-0.39, 0.29) is 11.5 Å². The van der Waals surface area contributed by atoms with Gasteiger partial charge in [-0.1, -0.05) is 13.8 Å². The molecule has 0 radical (unpaired) electrons. The minimum Gasteiger partial charge on any atom is -0.493 e. The molecule has 21 heavy (non-hydrogen) atoms. The lowest BCUT2D eigenvalue weighted by atomic mass is 9.64. The lowest BCUT2D eigenvalue weighted by Gasteiger charge is -2.49. The summed E-state index contributed by atoms with van der Waals surface area (Å²) in [5.74, 6) is 1.50. The predicted octanol–water partition coefficient (Wildman–Crippen LogP) is 2.67. The molecule has 1 aliphatic carbocycles. The lowest BCUT2D eigenvalue weighted by Crippen LogP contribution is -2.59. The Labute approximate surface area is 131 Å². The number of ether oxygens (including phenoxy) is 2. The SMILES string of the molecule is COc1cc(CNC2CC(O)C2(C)C)c(SC)cc1OC. The molecule has 0 aromatic heterocycles. The summed E-state index contributed by atoms with van der Waals surface area (Å²) in [6, 6.07) is 4.39. The molecule has 1 aromatic rings. The van der Waals surface area contributed by atoms with Crippen molar-refractivity contribution >= 4 is 11.8 Å². The van der Waals surface area contributed by atoms with Gasteiger partial charge in [-0.05, 0) is 30.4 Å². The molecule has 0 spiro atoms. The third-order valence-corrected chi connectivity index (χ3v) is 5.36. The molecule has 1 aromatic carbocycles. The fourth-order valence-electron chi connectivity index (χ4n) is 2.71. The van der Waals surface area contributed by atoms with Crippen molar-refractivity contribution in [2.24, 2.45) is 5.41 Å². The Bertz CT molecular complexity index is 505. The van der Waals surface area contributed by atoms with Gasteiger partial charge in [0.05, 0.1) is 20.3 Å². The Hall–Kier alpha value is -0.910. The topological polar surface area (TPSA) is 50.7 Å². The second-order valence-corrected chi connectivity index (χ2v) is 6.87. The van der Waals surface area contributed by atoms with Crippen LogP contribution in [0.1, 0.15) is 25.8 Å². The molecule has 4 nitrogen and oxygen atoms in total. The van der Waals surface area contributed by atoms with Gasteiger partial charge in [0.2, 0.25) is 0 Å². The molecule has 2 rings (SSSR count). The Balaban J connectivity index is 2.12. The summed E-state index contributed by atoms with van der Waals surface area (Å²) < 4.78 is 10.7. The van der Waals surface area contributed by atoms with Gasteiger partial charge in [-0.3, -0.25) is 0 Å². The van der Waals surface area contributed by atoms with Crippen LogP contribution in [0.15, 0.2) is 17.0 Å². The molecule has 1 saturated carbocycles. The van der Waals surface area contributed by atoms with E-state index in [2.05, 4.69) is 25.4 Å². The molecule has 2 N–H and O–H groups in total. The second kappa shape index (κ2) is 6.46. The standard InChI is InChI=1S/C16H25NO3S/c1-16(2)14(8-15(16)18)17-9-10-6-11(19-3)12(20-4)7-13(10)21-5/h6-7,14-15,17-18H,8-9H2,1-5H3. The van der Waals surface area contributed by atoms with E-state index in [1.807, 2.05) is 12.1 Å². The second-order valence-electron chi connectivity index (χ2n) is 6.03. The van der Waals surface area contributed by atoms with E-state index in [9.17, 15) is 5.11 Å². The molecule has 1 fully saturated rings. The first-order valence-corrected chi connectivity index (χ1v) is 8.36. The van der Waals surface area contributed by atoms with Gasteiger partial charge in [-0.25, -0.2) is 0 Å². The number of aliphatic hydroxyl groups excluding tert-OH is 1. The van der Waals surface area contributed by atoms with Gasteiger partial charge in [0.25, 0.3) is 0 Å². The van der Waals surface area contributed by atoms with Crippen LogP contribution in [-0.2, 0) is 6.54 Å². The number of nitrogens with one attached hydrogen (secondary N) is 1. The van der Waals surface area contributed by atoms with Crippen molar-refractivity contribution < 1.29 is 14.6 Å². The van der Waals surface area contributed by atoms with Crippen LogP contribution in [0, 0.1) is 5.41 Å². The first kappa shape index (κ1) is 16.5. The van der Waals surface area contributed by atoms with Gasteiger partial charge in [-0.2, -0.15) is 0 Å². The summed E-state index contributed by atoms with van der Waals surface area (Å²) >= 11 is 1.70. The predicted molar refractivity (Wildman–Crippen MR) is 86.4 cm³/mol. The molecule has 0 aliphatic heterocycles. The van der Waals surface area contributed by atoms with Crippen LogP contribution in [0.3, 0.4) is 0 Å². The van der Waals surface area contributed by atoms with E-state index in [4.69, 9.17) is 9.47 Å². The third-order valence-electron chi connectivity index (χ3n) is 4.54. The van der Waals surface area contributed by atoms with E-state index in [0.29, 0.717) is 6.04 Å². The van der Waals surface area contributed by atoms with Crippen LogP contribution in [0.4, 0.5) is 0 Å². The van der Waals surface area contributed by atoms with Gasteiger partial charge in [-0.15, -0.1) is 11.8 Å². The van der Waals surface area contributed by atoms with Crippen LogP contribution in [0.2, 0.25) is 0 Å². The van der Waals surface area contributed by atoms with E-state index in [1.165, 1.54) is 10.5 Å². The minimum absolute atomic E-state index is 0.0594. The fourth-order valence-corrected chi connectivity index (χ4v) is 3.33. The Morgan fingerprint density at radius 3 is 2.38 bits per heavy atom. The highest BCUT2D eigenvalue weighted by atomic mass is 32.2. The molecular formula is C16H25NO3S. The zero-order valence-electron chi connectivity index (χ0n) is 13.4. The maximum atomic E-state index is 9.81. The molecular weight excluding hydrogens is 286 g/mol. The molecule has 1 aliphatic rings. The minimum atomic E-state index is -0.208. The largest absolute Gasteiger partial charge is 0.493 e. The van der Waals surface area contributed by atoms with Crippen molar-refractivity contribution in [3.63, 3.8) is 0 Å². The number of hydrogen-bond acceptors (Lipinski definition) is 5. The van der Waals surface area contributed by atoms with Crippen molar-refractivity contribution in [3.05, 3.63) is 17.7 Å². The smallest absolute Gasteiger partial charge is 0.161 e. The fraction of sp³-hybridized carbons (Fsp3) is 0.625. The molecule has 0 bridgehead atoms. The first-order valence-electron chi connectivity index (χ1n) is 7.14.